The highest BCUT2D eigenvalue weighted by atomic mass is 35.5. The van der Waals surface area contributed by atoms with Gasteiger partial charge in [-0.2, -0.15) is 8.78 Å². The van der Waals surface area contributed by atoms with Gasteiger partial charge >= 0.3 is 12.6 Å². The van der Waals surface area contributed by atoms with Crippen LogP contribution in [-0.2, 0) is 16.0 Å². The predicted octanol–water partition coefficient (Wildman–Crippen LogP) is 5.40. The summed E-state index contributed by atoms with van der Waals surface area (Å²) in [6.45, 7) is 0.531. The Balaban J connectivity index is 1.86. The van der Waals surface area contributed by atoms with Gasteiger partial charge in [0, 0.05) is 10.8 Å². The van der Waals surface area contributed by atoms with Crippen molar-refractivity contribution in [1.82, 2.24) is 0 Å². The number of esters is 1. The van der Waals surface area contributed by atoms with Crippen molar-refractivity contribution in [1.29, 1.82) is 0 Å². The number of benzene rings is 3. The third kappa shape index (κ3) is 4.39. The summed E-state index contributed by atoms with van der Waals surface area (Å²) in [5, 5.41) is 0.566. The number of carbonyl (C=O) groups excluding carboxylic acids is 3. The minimum Gasteiger partial charge on any atom is -0.492 e. The molecule has 0 atom stereocenters. The Kier molecular flexibility index (Phi) is 6.88. The van der Waals surface area contributed by atoms with Gasteiger partial charge in [0.2, 0.25) is 0 Å². The maximum Gasteiger partial charge on any atom is 0.387 e. The van der Waals surface area contributed by atoms with Crippen molar-refractivity contribution in [3.8, 4) is 11.5 Å². The molecule has 0 saturated heterocycles. The lowest BCUT2D eigenvalue weighted by Gasteiger charge is -2.16. The summed E-state index contributed by atoms with van der Waals surface area (Å²) < 4.78 is 42.1. The number of halogens is 3. The fourth-order valence-electron chi connectivity index (χ4n) is 4.04. The number of ether oxygens (including phenoxy) is 3. The summed E-state index contributed by atoms with van der Waals surface area (Å²) in [5.41, 5.74) is 0.0261. The number of hydrogen-bond donors (Lipinski definition) is 0. The summed E-state index contributed by atoms with van der Waals surface area (Å²) in [6, 6.07) is 10.7. The molecule has 0 aromatic heterocycles. The van der Waals surface area contributed by atoms with Gasteiger partial charge in [-0.1, -0.05) is 41.9 Å². The minimum atomic E-state index is -3.23. The van der Waals surface area contributed by atoms with Crippen LogP contribution < -0.4 is 14.4 Å². The average Bonchev–Trinajstić information content (AvgIpc) is 3.06. The smallest absolute Gasteiger partial charge is 0.387 e. The third-order valence-electron chi connectivity index (χ3n) is 5.36. The van der Waals surface area contributed by atoms with Crippen LogP contribution in [0.15, 0.2) is 42.5 Å². The molecule has 0 N–H and O–H groups in total. The van der Waals surface area contributed by atoms with Crippen LogP contribution in [0.3, 0.4) is 0 Å². The SMILES string of the molecule is CCOC(=O)Cc1ccc(N2C(=O)c3c(c(OC(F)F)c4ccccc4c3OCC)C2=O)c(Cl)c1. The molecule has 1 aliphatic rings. The fraction of sp³-hybridized carbons (Fsp3) is 0.240. The van der Waals surface area contributed by atoms with E-state index in [2.05, 4.69) is 0 Å². The van der Waals surface area contributed by atoms with Crippen molar-refractivity contribution in [3.63, 3.8) is 0 Å². The van der Waals surface area contributed by atoms with E-state index in [4.69, 9.17) is 25.8 Å². The Hall–Kier alpha value is -3.72. The molecule has 0 radical (unpaired) electrons. The van der Waals surface area contributed by atoms with E-state index in [9.17, 15) is 23.2 Å². The molecule has 1 aliphatic heterocycles. The average molecular weight is 504 g/mol. The van der Waals surface area contributed by atoms with Gasteiger partial charge in [-0.05, 0) is 31.5 Å². The third-order valence-corrected chi connectivity index (χ3v) is 5.66. The van der Waals surface area contributed by atoms with Gasteiger partial charge < -0.3 is 14.2 Å². The molecule has 0 aliphatic carbocycles. The highest BCUT2D eigenvalue weighted by molar-refractivity contribution is 6.41. The molecule has 3 aromatic rings. The molecule has 0 unspecified atom stereocenters. The molecule has 3 aromatic carbocycles. The van der Waals surface area contributed by atoms with Gasteiger partial charge in [-0.15, -0.1) is 0 Å². The second kappa shape index (κ2) is 9.87. The number of nitrogens with zero attached hydrogens (tertiary/aromatic N) is 1. The quantitative estimate of drug-likeness (QED) is 0.302. The molecule has 0 spiro atoms. The lowest BCUT2D eigenvalue weighted by Crippen LogP contribution is -2.30. The Labute approximate surface area is 204 Å². The number of rotatable bonds is 8. The molecule has 0 fully saturated rings. The zero-order valence-electron chi connectivity index (χ0n) is 18.8. The van der Waals surface area contributed by atoms with Crippen molar-refractivity contribution in [2.75, 3.05) is 18.1 Å². The van der Waals surface area contributed by atoms with Crippen LogP contribution in [0.4, 0.5) is 14.5 Å². The molecule has 4 rings (SSSR count). The first kappa shape index (κ1) is 24.4. The van der Waals surface area contributed by atoms with Crippen molar-refractivity contribution in [3.05, 3.63) is 64.2 Å². The van der Waals surface area contributed by atoms with E-state index in [1.54, 1.807) is 32.0 Å². The molecule has 2 amide bonds. The molecule has 10 heteroatoms. The largest absolute Gasteiger partial charge is 0.492 e. The second-order valence-corrected chi connectivity index (χ2v) is 7.89. The van der Waals surface area contributed by atoms with Gasteiger partial charge in [0.15, 0.2) is 0 Å². The van der Waals surface area contributed by atoms with Crippen LogP contribution in [0.25, 0.3) is 10.8 Å². The number of fused-ring (bicyclic) bond motifs is 2. The predicted molar refractivity (Wildman–Crippen MR) is 125 cm³/mol. The van der Waals surface area contributed by atoms with Crippen molar-refractivity contribution < 1.29 is 37.4 Å². The van der Waals surface area contributed by atoms with E-state index in [0.29, 0.717) is 10.9 Å². The van der Waals surface area contributed by atoms with Crippen LogP contribution in [0, 0.1) is 0 Å². The summed E-state index contributed by atoms with van der Waals surface area (Å²) >= 11 is 6.39. The lowest BCUT2D eigenvalue weighted by molar-refractivity contribution is -0.142. The number of amides is 2. The van der Waals surface area contributed by atoms with E-state index in [1.165, 1.54) is 24.3 Å². The van der Waals surface area contributed by atoms with E-state index in [1.807, 2.05) is 0 Å². The molecular weight excluding hydrogens is 484 g/mol. The van der Waals surface area contributed by atoms with E-state index in [-0.39, 0.29) is 52.6 Å². The monoisotopic (exact) mass is 503 g/mol. The highest BCUT2D eigenvalue weighted by Gasteiger charge is 2.44. The summed E-state index contributed by atoms with van der Waals surface area (Å²) in [4.78, 5) is 39.6. The zero-order chi connectivity index (χ0) is 25.3. The molecular formula is C25H20ClF2NO6. The van der Waals surface area contributed by atoms with Gasteiger partial charge in [-0.25, -0.2) is 4.90 Å². The van der Waals surface area contributed by atoms with E-state index >= 15 is 0 Å². The Morgan fingerprint density at radius 3 is 2.17 bits per heavy atom. The van der Waals surface area contributed by atoms with Crippen LogP contribution in [0.5, 0.6) is 11.5 Å². The molecule has 0 saturated carbocycles. The van der Waals surface area contributed by atoms with Crippen LogP contribution >= 0.6 is 11.6 Å². The number of carbonyl (C=O) groups is 3. The van der Waals surface area contributed by atoms with Crippen molar-refractivity contribution >= 4 is 45.8 Å². The van der Waals surface area contributed by atoms with Gasteiger partial charge in [0.05, 0.1) is 41.5 Å². The summed E-state index contributed by atoms with van der Waals surface area (Å²) in [6.07, 6.45) is -0.0534. The van der Waals surface area contributed by atoms with Crippen LogP contribution in [0.1, 0.15) is 40.1 Å². The first-order valence-electron chi connectivity index (χ1n) is 10.8. The number of alkyl halides is 2. The summed E-state index contributed by atoms with van der Waals surface area (Å²) in [7, 11) is 0. The number of anilines is 1. The summed E-state index contributed by atoms with van der Waals surface area (Å²) in [5.74, 6) is -2.45. The van der Waals surface area contributed by atoms with E-state index < -0.39 is 30.1 Å². The second-order valence-electron chi connectivity index (χ2n) is 7.48. The van der Waals surface area contributed by atoms with Crippen LogP contribution in [-0.4, -0.2) is 37.6 Å². The molecule has 0 bridgehead atoms. The van der Waals surface area contributed by atoms with Crippen molar-refractivity contribution in [2.45, 2.75) is 26.9 Å². The number of hydrogen-bond acceptors (Lipinski definition) is 6. The fourth-order valence-corrected chi connectivity index (χ4v) is 4.33. The van der Waals surface area contributed by atoms with Gasteiger partial charge in [0.25, 0.3) is 11.8 Å². The maximum absolute atomic E-state index is 13.5. The zero-order valence-corrected chi connectivity index (χ0v) is 19.5. The van der Waals surface area contributed by atoms with Gasteiger partial charge in [0.1, 0.15) is 11.5 Å². The topological polar surface area (TPSA) is 82.1 Å². The normalized spacial score (nSPS) is 12.9. The molecule has 182 valence electrons. The Bertz CT molecular complexity index is 1340. The first-order valence-corrected chi connectivity index (χ1v) is 11.1. The standard InChI is InChI=1S/C25H20ClF2NO6/c1-3-33-18(30)12-13-9-10-17(16(26)11-13)29-23(31)19-20(24(29)32)22(35-25(27)28)15-8-6-5-7-14(15)21(19)34-4-2/h5-11,25H,3-4,12H2,1-2H3. The molecule has 7 nitrogen and oxygen atoms in total. The van der Waals surface area contributed by atoms with Gasteiger partial charge in [-0.3, -0.25) is 14.4 Å². The minimum absolute atomic E-state index is 0.0140. The highest BCUT2D eigenvalue weighted by Crippen LogP contribution is 2.47. The van der Waals surface area contributed by atoms with Crippen molar-refractivity contribution in [2.24, 2.45) is 0 Å². The lowest BCUT2D eigenvalue weighted by atomic mass is 9.99. The van der Waals surface area contributed by atoms with Crippen LogP contribution in [0.2, 0.25) is 5.02 Å². The maximum atomic E-state index is 13.5. The molecule has 35 heavy (non-hydrogen) atoms. The Morgan fingerprint density at radius 1 is 0.971 bits per heavy atom. The number of imide groups is 1. The first-order chi connectivity index (χ1) is 16.8. The van der Waals surface area contributed by atoms with E-state index in [0.717, 1.165) is 4.90 Å². The molecule has 1 heterocycles. The Morgan fingerprint density at radius 2 is 1.60 bits per heavy atom.